The quantitative estimate of drug-likeness (QED) is 0.731. The van der Waals surface area contributed by atoms with E-state index in [1.165, 1.54) is 24.3 Å². The zero-order valence-corrected chi connectivity index (χ0v) is 15.2. The minimum absolute atomic E-state index is 0.0918. The van der Waals surface area contributed by atoms with E-state index in [-0.39, 0.29) is 39.4 Å². The van der Waals surface area contributed by atoms with Gasteiger partial charge in [-0.1, -0.05) is 43.1 Å². The fourth-order valence-corrected chi connectivity index (χ4v) is 3.08. The molecule has 0 atom stereocenters. The molecule has 7 heteroatoms. The second-order valence-electron chi connectivity index (χ2n) is 5.85. The van der Waals surface area contributed by atoms with Gasteiger partial charge in [0.2, 0.25) is 0 Å². The minimum Gasteiger partial charge on any atom is -0.508 e. The average Bonchev–Trinajstić information content (AvgIpc) is 2.50. The maximum Gasteiger partial charge on any atom is 0.341 e. The summed E-state index contributed by atoms with van der Waals surface area (Å²) in [5.74, 6) is -1.67. The van der Waals surface area contributed by atoms with E-state index in [1.54, 1.807) is 13.8 Å². The van der Waals surface area contributed by atoms with Gasteiger partial charge in [-0.25, -0.2) is 9.18 Å². The highest BCUT2D eigenvalue weighted by Crippen LogP contribution is 2.35. The van der Waals surface area contributed by atoms with E-state index < -0.39 is 18.4 Å². The van der Waals surface area contributed by atoms with Crippen LogP contribution in [0.15, 0.2) is 24.3 Å². The van der Waals surface area contributed by atoms with E-state index in [1.807, 2.05) is 0 Å². The van der Waals surface area contributed by atoms with E-state index in [0.29, 0.717) is 11.1 Å². The first-order valence-corrected chi connectivity index (χ1v) is 8.29. The Morgan fingerprint density at radius 2 is 1.84 bits per heavy atom. The summed E-state index contributed by atoms with van der Waals surface area (Å²) < 4.78 is 19.7. The number of rotatable bonds is 6. The first-order valence-electron chi connectivity index (χ1n) is 7.53. The monoisotopic (exact) mass is 386 g/mol. The smallest absolute Gasteiger partial charge is 0.341 e. The molecule has 2 rings (SSSR count). The third-order valence-corrected chi connectivity index (χ3v) is 4.33. The van der Waals surface area contributed by atoms with Crippen LogP contribution in [0.25, 0.3) is 0 Å². The molecule has 25 heavy (non-hydrogen) atoms. The van der Waals surface area contributed by atoms with Crippen LogP contribution >= 0.6 is 23.2 Å². The molecule has 0 aliphatic heterocycles. The SMILES string of the molecule is CC(C)c1c(O)ccc(Cc2c(Cl)cc(OCC(=O)O)cc2Cl)c1F. The fraction of sp³-hybridized carbons (Fsp3) is 0.278. The Hall–Kier alpha value is -1.98. The molecule has 0 aliphatic carbocycles. The molecule has 4 nitrogen and oxygen atoms in total. The summed E-state index contributed by atoms with van der Waals surface area (Å²) in [6.07, 6.45) is 0.128. The number of ether oxygens (including phenoxy) is 1. The second-order valence-corrected chi connectivity index (χ2v) is 6.67. The van der Waals surface area contributed by atoms with Crippen LogP contribution in [0.4, 0.5) is 4.39 Å². The number of carboxylic acid groups (broad SMARTS) is 1. The lowest BCUT2D eigenvalue weighted by Gasteiger charge is -2.15. The summed E-state index contributed by atoms with van der Waals surface area (Å²) in [7, 11) is 0. The van der Waals surface area contributed by atoms with E-state index in [2.05, 4.69) is 0 Å². The van der Waals surface area contributed by atoms with Crippen LogP contribution < -0.4 is 4.74 Å². The van der Waals surface area contributed by atoms with Crippen molar-refractivity contribution in [3.8, 4) is 11.5 Å². The van der Waals surface area contributed by atoms with Crippen molar-refractivity contribution >= 4 is 29.2 Å². The topological polar surface area (TPSA) is 66.8 Å². The Bertz CT molecular complexity index is 783. The number of phenols is 1. The first-order chi connectivity index (χ1) is 11.7. The fourth-order valence-electron chi connectivity index (χ4n) is 2.48. The van der Waals surface area contributed by atoms with Crippen molar-refractivity contribution in [2.75, 3.05) is 6.61 Å². The lowest BCUT2D eigenvalue weighted by atomic mass is 9.95. The number of aliphatic carboxylic acids is 1. The van der Waals surface area contributed by atoms with Gasteiger partial charge in [0, 0.05) is 22.0 Å². The maximum absolute atomic E-state index is 14.7. The number of carbonyl (C=O) groups is 1. The molecule has 0 spiro atoms. The molecule has 0 aromatic heterocycles. The highest BCUT2D eigenvalue weighted by molar-refractivity contribution is 6.36. The molecular formula is C18H17Cl2FO4. The van der Waals surface area contributed by atoms with E-state index in [4.69, 9.17) is 33.0 Å². The maximum atomic E-state index is 14.7. The van der Waals surface area contributed by atoms with Gasteiger partial charge < -0.3 is 14.9 Å². The molecule has 0 aliphatic rings. The highest BCUT2D eigenvalue weighted by Gasteiger charge is 2.18. The van der Waals surface area contributed by atoms with Gasteiger partial charge in [-0.15, -0.1) is 0 Å². The van der Waals surface area contributed by atoms with Gasteiger partial charge in [-0.2, -0.15) is 0 Å². The van der Waals surface area contributed by atoms with Gasteiger partial charge in [0.05, 0.1) is 0 Å². The average molecular weight is 387 g/mol. The Kier molecular flexibility index (Phi) is 6.14. The van der Waals surface area contributed by atoms with Gasteiger partial charge in [0.25, 0.3) is 0 Å². The molecule has 0 saturated heterocycles. The summed E-state index contributed by atoms with van der Waals surface area (Å²) in [6.45, 7) is 3.06. The molecule has 0 amide bonds. The summed E-state index contributed by atoms with van der Waals surface area (Å²) in [4.78, 5) is 10.5. The van der Waals surface area contributed by atoms with Crippen molar-refractivity contribution in [3.05, 3.63) is 56.8 Å². The Balaban J connectivity index is 2.35. The van der Waals surface area contributed by atoms with Crippen LogP contribution in [-0.2, 0) is 11.2 Å². The standard InChI is InChI=1S/C18H17Cl2FO4/c1-9(2)17-15(22)4-3-10(18(17)21)5-12-13(19)6-11(7-14(12)20)25-8-16(23)24/h3-4,6-7,9,22H,5,8H2,1-2H3,(H,23,24). The molecule has 0 bridgehead atoms. The van der Waals surface area contributed by atoms with E-state index in [0.717, 1.165) is 0 Å². The van der Waals surface area contributed by atoms with Crippen LogP contribution in [0.5, 0.6) is 11.5 Å². The molecule has 0 unspecified atom stereocenters. The van der Waals surface area contributed by atoms with Gasteiger partial charge in [-0.3, -0.25) is 0 Å². The largest absolute Gasteiger partial charge is 0.508 e. The number of aromatic hydroxyl groups is 1. The number of hydrogen-bond acceptors (Lipinski definition) is 3. The molecule has 0 radical (unpaired) electrons. The molecule has 2 N–H and O–H groups in total. The molecule has 2 aromatic carbocycles. The van der Waals surface area contributed by atoms with Crippen LogP contribution in [0.1, 0.15) is 36.5 Å². The van der Waals surface area contributed by atoms with Crippen molar-refractivity contribution in [1.82, 2.24) is 0 Å². The van der Waals surface area contributed by atoms with Crippen LogP contribution in [0.2, 0.25) is 10.0 Å². The number of hydrogen-bond donors (Lipinski definition) is 2. The normalized spacial score (nSPS) is 11.0. The number of halogens is 3. The summed E-state index contributed by atoms with van der Waals surface area (Å²) in [6, 6.07) is 5.80. The van der Waals surface area contributed by atoms with Crippen LogP contribution in [-0.4, -0.2) is 22.8 Å². The van der Waals surface area contributed by atoms with Crippen molar-refractivity contribution in [3.63, 3.8) is 0 Å². The van der Waals surface area contributed by atoms with Crippen molar-refractivity contribution in [2.24, 2.45) is 0 Å². The predicted octanol–water partition coefficient (Wildman–Crippen LogP) is 5.02. The second kappa shape index (κ2) is 7.93. The highest BCUT2D eigenvalue weighted by atomic mass is 35.5. The van der Waals surface area contributed by atoms with Crippen molar-refractivity contribution in [1.29, 1.82) is 0 Å². The van der Waals surface area contributed by atoms with E-state index in [9.17, 15) is 14.3 Å². The molecule has 0 fully saturated rings. The van der Waals surface area contributed by atoms with Gasteiger partial charge in [0.1, 0.15) is 17.3 Å². The van der Waals surface area contributed by atoms with Crippen LogP contribution in [0.3, 0.4) is 0 Å². The molecular weight excluding hydrogens is 370 g/mol. The van der Waals surface area contributed by atoms with Crippen LogP contribution in [0, 0.1) is 5.82 Å². The summed E-state index contributed by atoms with van der Waals surface area (Å²) >= 11 is 12.4. The predicted molar refractivity (Wildman–Crippen MR) is 94.6 cm³/mol. The van der Waals surface area contributed by atoms with Crippen molar-refractivity contribution in [2.45, 2.75) is 26.2 Å². The number of carboxylic acids is 1. The third-order valence-electron chi connectivity index (χ3n) is 3.66. The first kappa shape index (κ1) is 19.3. The molecule has 0 saturated carbocycles. The number of phenolic OH excluding ortho intramolecular Hbond substituents is 1. The zero-order chi connectivity index (χ0) is 18.7. The summed E-state index contributed by atoms with van der Waals surface area (Å²) in [5, 5.41) is 19.0. The Morgan fingerprint density at radius 1 is 1.24 bits per heavy atom. The Morgan fingerprint density at radius 3 is 2.36 bits per heavy atom. The molecule has 134 valence electrons. The minimum atomic E-state index is -1.12. The Labute approximate surface area is 154 Å². The van der Waals surface area contributed by atoms with E-state index >= 15 is 0 Å². The van der Waals surface area contributed by atoms with Gasteiger partial charge in [0.15, 0.2) is 6.61 Å². The number of benzene rings is 2. The molecule has 0 heterocycles. The lowest BCUT2D eigenvalue weighted by molar-refractivity contribution is -0.139. The summed E-state index contributed by atoms with van der Waals surface area (Å²) in [5.41, 5.74) is 1.08. The van der Waals surface area contributed by atoms with Gasteiger partial charge in [-0.05, 0) is 35.2 Å². The molecule has 2 aromatic rings. The third kappa shape index (κ3) is 4.55. The zero-order valence-electron chi connectivity index (χ0n) is 13.6. The lowest BCUT2D eigenvalue weighted by Crippen LogP contribution is -2.09. The van der Waals surface area contributed by atoms with Crippen molar-refractivity contribution < 1.29 is 24.1 Å². The van der Waals surface area contributed by atoms with Gasteiger partial charge >= 0.3 is 5.97 Å².